The van der Waals surface area contributed by atoms with Gasteiger partial charge in [-0.05, 0) is 31.5 Å². The zero-order chi connectivity index (χ0) is 16.7. The molecule has 0 fully saturated rings. The van der Waals surface area contributed by atoms with E-state index in [0.717, 1.165) is 17.1 Å². The molecular formula is C16H21FN4OS. The van der Waals surface area contributed by atoms with Gasteiger partial charge < -0.3 is 15.7 Å². The van der Waals surface area contributed by atoms with Gasteiger partial charge in [-0.3, -0.25) is 0 Å². The maximum Gasteiger partial charge on any atom is 0.191 e. The molecule has 0 aliphatic carbocycles. The molecule has 0 saturated carbocycles. The number of rotatable bonds is 6. The highest BCUT2D eigenvalue weighted by atomic mass is 32.1. The second kappa shape index (κ2) is 8.59. The minimum Gasteiger partial charge on any atom is -0.392 e. The van der Waals surface area contributed by atoms with E-state index < -0.39 is 5.82 Å². The molecule has 0 amide bonds. The molecule has 0 aliphatic heterocycles. The van der Waals surface area contributed by atoms with Crippen LogP contribution in [0.4, 0.5) is 4.39 Å². The quantitative estimate of drug-likeness (QED) is 0.559. The van der Waals surface area contributed by atoms with Gasteiger partial charge in [0.2, 0.25) is 0 Å². The van der Waals surface area contributed by atoms with E-state index in [1.165, 1.54) is 10.9 Å². The molecule has 23 heavy (non-hydrogen) atoms. The number of aliphatic hydroxyl groups is 1. The summed E-state index contributed by atoms with van der Waals surface area (Å²) in [7, 11) is 0. The molecule has 2 rings (SSSR count). The summed E-state index contributed by atoms with van der Waals surface area (Å²) < 4.78 is 13.4. The normalized spacial score (nSPS) is 11.6. The van der Waals surface area contributed by atoms with E-state index >= 15 is 0 Å². The SMILES string of the molecule is CCNC(=NCc1ccc(F)c(CO)c1)NCc1ncc(C)s1. The lowest BCUT2D eigenvalue weighted by molar-refractivity contribution is 0.275. The monoisotopic (exact) mass is 336 g/mol. The number of halogens is 1. The van der Waals surface area contributed by atoms with Gasteiger partial charge in [0.15, 0.2) is 5.96 Å². The molecular weight excluding hydrogens is 315 g/mol. The number of guanidine groups is 1. The van der Waals surface area contributed by atoms with Crippen molar-refractivity contribution in [3.05, 3.63) is 51.2 Å². The molecule has 0 aliphatic rings. The van der Waals surface area contributed by atoms with Gasteiger partial charge in [0, 0.05) is 23.2 Å². The maximum absolute atomic E-state index is 13.4. The van der Waals surface area contributed by atoms with Gasteiger partial charge in [-0.2, -0.15) is 0 Å². The van der Waals surface area contributed by atoms with Gasteiger partial charge in [0.25, 0.3) is 0 Å². The zero-order valence-electron chi connectivity index (χ0n) is 13.3. The third-order valence-corrected chi connectivity index (χ3v) is 4.03. The van der Waals surface area contributed by atoms with Crippen LogP contribution < -0.4 is 10.6 Å². The fraction of sp³-hybridized carbons (Fsp3) is 0.375. The molecule has 0 atom stereocenters. The lowest BCUT2D eigenvalue weighted by atomic mass is 10.1. The van der Waals surface area contributed by atoms with Crippen molar-refractivity contribution in [2.45, 2.75) is 33.5 Å². The predicted molar refractivity (Wildman–Crippen MR) is 90.8 cm³/mol. The molecule has 1 aromatic heterocycles. The first-order valence-corrected chi connectivity index (χ1v) is 8.25. The van der Waals surface area contributed by atoms with Gasteiger partial charge in [0.05, 0.1) is 19.7 Å². The van der Waals surface area contributed by atoms with E-state index in [-0.39, 0.29) is 12.2 Å². The lowest BCUT2D eigenvalue weighted by Gasteiger charge is -2.10. The average molecular weight is 336 g/mol. The molecule has 0 bridgehead atoms. The first-order valence-electron chi connectivity index (χ1n) is 7.44. The van der Waals surface area contributed by atoms with Gasteiger partial charge >= 0.3 is 0 Å². The molecule has 124 valence electrons. The second-order valence-corrected chi connectivity index (χ2v) is 6.32. The number of nitrogens with zero attached hydrogens (tertiary/aromatic N) is 2. The van der Waals surface area contributed by atoms with Crippen LogP contribution in [0.15, 0.2) is 29.4 Å². The summed E-state index contributed by atoms with van der Waals surface area (Å²) in [4.78, 5) is 9.95. The molecule has 7 heteroatoms. The Morgan fingerprint density at radius 3 is 2.87 bits per heavy atom. The van der Waals surface area contributed by atoms with Crippen molar-refractivity contribution in [2.24, 2.45) is 4.99 Å². The Hall–Kier alpha value is -1.99. The number of aliphatic hydroxyl groups excluding tert-OH is 1. The third kappa shape index (κ3) is 5.30. The average Bonchev–Trinajstić information content (AvgIpc) is 2.97. The van der Waals surface area contributed by atoms with Crippen LogP contribution >= 0.6 is 11.3 Å². The Kier molecular flexibility index (Phi) is 6.49. The first-order chi connectivity index (χ1) is 11.1. The fourth-order valence-electron chi connectivity index (χ4n) is 2.00. The van der Waals surface area contributed by atoms with Crippen molar-refractivity contribution in [1.29, 1.82) is 0 Å². The van der Waals surface area contributed by atoms with Crippen LogP contribution in [-0.2, 0) is 19.7 Å². The number of aromatic nitrogens is 1. The van der Waals surface area contributed by atoms with Crippen molar-refractivity contribution in [3.63, 3.8) is 0 Å². The molecule has 1 aromatic carbocycles. The molecule has 5 nitrogen and oxygen atoms in total. The third-order valence-electron chi connectivity index (χ3n) is 3.12. The molecule has 2 aromatic rings. The van der Waals surface area contributed by atoms with E-state index in [1.807, 2.05) is 20.0 Å². The minimum atomic E-state index is -0.399. The molecule has 0 radical (unpaired) electrons. The van der Waals surface area contributed by atoms with Crippen molar-refractivity contribution >= 4 is 17.3 Å². The van der Waals surface area contributed by atoms with Crippen LogP contribution in [-0.4, -0.2) is 22.6 Å². The Labute approximate surface area is 139 Å². The van der Waals surface area contributed by atoms with E-state index in [4.69, 9.17) is 5.11 Å². The molecule has 0 spiro atoms. The van der Waals surface area contributed by atoms with E-state index in [9.17, 15) is 4.39 Å². The Morgan fingerprint density at radius 2 is 2.22 bits per heavy atom. The van der Waals surface area contributed by atoms with Crippen LogP contribution in [0.25, 0.3) is 0 Å². The summed E-state index contributed by atoms with van der Waals surface area (Å²) in [6.45, 7) is 5.45. The Balaban J connectivity index is 2.00. The second-order valence-electron chi connectivity index (χ2n) is 5.00. The molecule has 0 saturated heterocycles. The van der Waals surface area contributed by atoms with Gasteiger partial charge in [-0.1, -0.05) is 6.07 Å². The molecule has 0 unspecified atom stereocenters. The summed E-state index contributed by atoms with van der Waals surface area (Å²) in [6.07, 6.45) is 1.85. The number of aryl methyl sites for hydroxylation is 1. The predicted octanol–water partition coefficient (Wildman–Crippen LogP) is 2.34. The van der Waals surface area contributed by atoms with E-state index in [0.29, 0.717) is 19.0 Å². The summed E-state index contributed by atoms with van der Waals surface area (Å²) in [5, 5.41) is 16.5. The Bertz CT molecular complexity index is 672. The standard InChI is InChI=1S/C16H21FN4OS/c1-3-18-16(21-9-15-19-7-11(2)23-15)20-8-12-4-5-14(17)13(6-12)10-22/h4-7,22H,3,8-10H2,1-2H3,(H2,18,20,21). The van der Waals surface area contributed by atoms with E-state index in [1.54, 1.807) is 23.5 Å². The number of hydrogen-bond acceptors (Lipinski definition) is 4. The highest BCUT2D eigenvalue weighted by Gasteiger charge is 2.04. The van der Waals surface area contributed by atoms with Crippen LogP contribution in [0, 0.1) is 12.7 Å². The topological polar surface area (TPSA) is 69.5 Å². The lowest BCUT2D eigenvalue weighted by Crippen LogP contribution is -2.36. The van der Waals surface area contributed by atoms with Crippen LogP contribution in [0.5, 0.6) is 0 Å². The minimum absolute atomic E-state index is 0.286. The van der Waals surface area contributed by atoms with Gasteiger partial charge in [-0.15, -0.1) is 11.3 Å². The van der Waals surface area contributed by atoms with Crippen molar-refractivity contribution in [1.82, 2.24) is 15.6 Å². The number of thiazole rings is 1. The van der Waals surface area contributed by atoms with E-state index in [2.05, 4.69) is 20.6 Å². The van der Waals surface area contributed by atoms with Crippen LogP contribution in [0.3, 0.4) is 0 Å². The zero-order valence-corrected chi connectivity index (χ0v) is 14.1. The largest absolute Gasteiger partial charge is 0.392 e. The van der Waals surface area contributed by atoms with Crippen molar-refractivity contribution < 1.29 is 9.50 Å². The molecule has 3 N–H and O–H groups in total. The highest BCUT2D eigenvalue weighted by molar-refractivity contribution is 7.11. The first kappa shape index (κ1) is 17.4. The number of nitrogens with one attached hydrogen (secondary N) is 2. The highest BCUT2D eigenvalue weighted by Crippen LogP contribution is 2.12. The smallest absolute Gasteiger partial charge is 0.191 e. The number of hydrogen-bond donors (Lipinski definition) is 3. The molecule has 1 heterocycles. The summed E-state index contributed by atoms with van der Waals surface area (Å²) in [6, 6.07) is 4.66. The van der Waals surface area contributed by atoms with Crippen molar-refractivity contribution in [2.75, 3.05) is 6.54 Å². The summed E-state index contributed by atoms with van der Waals surface area (Å²) in [5.74, 6) is 0.277. The maximum atomic E-state index is 13.4. The van der Waals surface area contributed by atoms with Gasteiger partial charge in [0.1, 0.15) is 10.8 Å². The van der Waals surface area contributed by atoms with Gasteiger partial charge in [-0.25, -0.2) is 14.4 Å². The fourth-order valence-corrected chi connectivity index (χ4v) is 2.73. The summed E-state index contributed by atoms with van der Waals surface area (Å²) >= 11 is 1.64. The van der Waals surface area contributed by atoms with Crippen molar-refractivity contribution in [3.8, 4) is 0 Å². The van der Waals surface area contributed by atoms with Crippen LogP contribution in [0.1, 0.15) is 27.9 Å². The summed E-state index contributed by atoms with van der Waals surface area (Å²) in [5.41, 5.74) is 1.13. The number of aliphatic imine (C=N–C) groups is 1. The van der Waals surface area contributed by atoms with Crippen LogP contribution in [0.2, 0.25) is 0 Å². The number of benzene rings is 1. The Morgan fingerprint density at radius 1 is 1.39 bits per heavy atom.